The van der Waals surface area contributed by atoms with Gasteiger partial charge in [-0.25, -0.2) is 4.39 Å². The van der Waals surface area contributed by atoms with Crippen LogP contribution in [0.3, 0.4) is 0 Å². The molecule has 1 fully saturated rings. The molecule has 2 amide bonds. The lowest BCUT2D eigenvalue weighted by Crippen LogP contribution is -2.36. The molecule has 2 aromatic rings. The topological polar surface area (TPSA) is 104 Å². The second-order valence-electron chi connectivity index (χ2n) is 7.86. The predicted molar refractivity (Wildman–Crippen MR) is 106 cm³/mol. The second kappa shape index (κ2) is 8.93. The van der Waals surface area contributed by atoms with E-state index in [0.29, 0.717) is 0 Å². The van der Waals surface area contributed by atoms with Gasteiger partial charge in [-0.1, -0.05) is 6.07 Å². The number of nitrogens with one attached hydrogen (secondary N) is 1. The second-order valence-corrected chi connectivity index (χ2v) is 7.86. The van der Waals surface area contributed by atoms with Crippen molar-refractivity contribution in [3.8, 4) is 5.75 Å². The number of nitrogens with two attached hydrogens (primary N) is 1. The van der Waals surface area contributed by atoms with Crippen LogP contribution in [0.2, 0.25) is 0 Å². The van der Waals surface area contributed by atoms with Crippen LogP contribution in [0.25, 0.3) is 0 Å². The number of rotatable bonds is 6. The highest BCUT2D eigenvalue weighted by molar-refractivity contribution is 5.97. The summed E-state index contributed by atoms with van der Waals surface area (Å²) in [5.74, 6) is -5.90. The number of amides is 2. The lowest BCUT2D eigenvalue weighted by molar-refractivity contribution is -0.182. The van der Waals surface area contributed by atoms with Crippen LogP contribution in [0.4, 0.5) is 27.6 Å². The highest BCUT2D eigenvalue weighted by Crippen LogP contribution is 2.49. The molecule has 0 spiro atoms. The molecular weight excluding hydrogens is 453 g/mol. The number of benzene rings is 1. The van der Waals surface area contributed by atoms with Crippen LogP contribution in [0.5, 0.6) is 5.75 Å². The van der Waals surface area contributed by atoms with E-state index in [1.165, 1.54) is 25.3 Å². The van der Waals surface area contributed by atoms with Crippen molar-refractivity contribution in [3.63, 3.8) is 0 Å². The highest BCUT2D eigenvalue weighted by Gasteiger charge is 2.52. The van der Waals surface area contributed by atoms with Crippen LogP contribution < -0.4 is 15.8 Å². The lowest BCUT2D eigenvalue weighted by atomic mass is 9.84. The molecule has 1 aromatic carbocycles. The number of ether oxygens (including phenoxy) is 2. The van der Waals surface area contributed by atoms with Gasteiger partial charge in [0.25, 0.3) is 11.8 Å². The molecule has 12 heteroatoms. The number of nitrogens with zero attached hydrogens (tertiary/aromatic N) is 1. The van der Waals surface area contributed by atoms with E-state index in [1.54, 1.807) is 0 Å². The molecule has 1 aromatic heterocycles. The average Bonchev–Trinajstić information content (AvgIpc) is 3.05. The minimum absolute atomic E-state index is 0.0185. The number of anilines is 1. The minimum Gasteiger partial charge on any atom is -0.493 e. The van der Waals surface area contributed by atoms with Gasteiger partial charge < -0.3 is 20.5 Å². The van der Waals surface area contributed by atoms with Crippen molar-refractivity contribution in [2.24, 2.45) is 5.73 Å². The average molecular weight is 473 g/mol. The number of primary amides is 1. The summed E-state index contributed by atoms with van der Waals surface area (Å²) in [6.45, 7) is 1.19. The summed E-state index contributed by atoms with van der Waals surface area (Å²) < 4.78 is 78.0. The number of carbonyl (C=O) groups excluding carboxylic acids is 2. The number of pyridine rings is 1. The smallest absolute Gasteiger partial charge is 0.391 e. The fraction of sp³-hybridized carbons (Fsp3) is 0.381. The van der Waals surface area contributed by atoms with Crippen LogP contribution in [-0.4, -0.2) is 41.8 Å². The first-order chi connectivity index (χ1) is 15.3. The maximum Gasteiger partial charge on any atom is 0.391 e. The Balaban J connectivity index is 1.99. The third-order valence-electron chi connectivity index (χ3n) is 5.23. The Morgan fingerprint density at radius 3 is 2.61 bits per heavy atom. The predicted octanol–water partition coefficient (Wildman–Crippen LogP) is 3.69. The Labute approximate surface area is 185 Å². The summed E-state index contributed by atoms with van der Waals surface area (Å²) in [4.78, 5) is 28.1. The van der Waals surface area contributed by atoms with Crippen LogP contribution >= 0.6 is 0 Å². The van der Waals surface area contributed by atoms with Gasteiger partial charge >= 0.3 is 6.18 Å². The van der Waals surface area contributed by atoms with Gasteiger partial charge in [-0.3, -0.25) is 14.6 Å². The first-order valence-electron chi connectivity index (χ1n) is 9.67. The van der Waals surface area contributed by atoms with Gasteiger partial charge in [-0.2, -0.15) is 17.6 Å². The quantitative estimate of drug-likeness (QED) is 0.623. The van der Waals surface area contributed by atoms with E-state index in [-0.39, 0.29) is 23.4 Å². The molecule has 2 heterocycles. The molecule has 3 rings (SSSR count). The summed E-state index contributed by atoms with van der Waals surface area (Å²) >= 11 is 0. The molecule has 7 nitrogen and oxygen atoms in total. The van der Waals surface area contributed by atoms with Crippen molar-refractivity contribution < 1.29 is 41.0 Å². The Bertz CT molecular complexity index is 1080. The fourth-order valence-corrected chi connectivity index (χ4v) is 3.96. The molecule has 33 heavy (non-hydrogen) atoms. The summed E-state index contributed by atoms with van der Waals surface area (Å²) in [5, 5.41) is 2.44. The van der Waals surface area contributed by atoms with Crippen molar-refractivity contribution in [1.82, 2.24) is 4.98 Å². The molecule has 0 saturated carbocycles. The monoisotopic (exact) mass is 473 g/mol. The molecule has 1 aliphatic heterocycles. The maximum atomic E-state index is 14.3. The van der Waals surface area contributed by atoms with E-state index in [1.807, 2.05) is 0 Å². The summed E-state index contributed by atoms with van der Waals surface area (Å²) in [6.07, 6.45) is -6.61. The van der Waals surface area contributed by atoms with E-state index < -0.39 is 59.4 Å². The number of alkyl halides is 3. The third-order valence-corrected chi connectivity index (χ3v) is 5.23. The Morgan fingerprint density at radius 1 is 1.30 bits per heavy atom. The number of carbonyl (C=O) groups is 2. The van der Waals surface area contributed by atoms with E-state index >= 15 is 0 Å². The largest absolute Gasteiger partial charge is 0.493 e. The van der Waals surface area contributed by atoms with Crippen molar-refractivity contribution in [1.29, 1.82) is 0 Å². The summed E-state index contributed by atoms with van der Waals surface area (Å²) in [6, 6.07) is 4.45. The highest BCUT2D eigenvalue weighted by atomic mass is 19.4. The van der Waals surface area contributed by atoms with Crippen LogP contribution in [0.1, 0.15) is 41.7 Å². The molecule has 1 saturated heterocycles. The summed E-state index contributed by atoms with van der Waals surface area (Å²) in [5.41, 5.74) is 3.26. The minimum atomic E-state index is -4.61. The third kappa shape index (κ3) is 5.38. The van der Waals surface area contributed by atoms with Crippen molar-refractivity contribution in [3.05, 3.63) is 53.4 Å². The fourth-order valence-electron chi connectivity index (χ4n) is 3.96. The molecule has 178 valence electrons. The molecule has 3 N–H and O–H groups in total. The first-order valence-corrected chi connectivity index (χ1v) is 9.67. The number of aromatic nitrogens is 1. The van der Waals surface area contributed by atoms with E-state index in [0.717, 1.165) is 19.2 Å². The van der Waals surface area contributed by atoms with Crippen LogP contribution in [0, 0.1) is 11.6 Å². The summed E-state index contributed by atoms with van der Waals surface area (Å²) in [7, 11) is 1.07. The van der Waals surface area contributed by atoms with Gasteiger partial charge in [0, 0.05) is 23.4 Å². The number of halogens is 5. The van der Waals surface area contributed by atoms with Crippen molar-refractivity contribution >= 4 is 17.5 Å². The van der Waals surface area contributed by atoms with Gasteiger partial charge in [0.1, 0.15) is 11.8 Å². The van der Waals surface area contributed by atoms with Gasteiger partial charge in [-0.05, 0) is 31.5 Å². The SMILES string of the molecule is COc1c([C@@H]2C[C@](C)(CC(F)(F)F)O[C@H]2C(=O)Nc2ccnc(C(N)=O)c2)ccc(F)c1F. The molecule has 0 radical (unpaired) electrons. The van der Waals surface area contributed by atoms with Crippen molar-refractivity contribution in [2.75, 3.05) is 12.4 Å². The Kier molecular flexibility index (Phi) is 6.59. The van der Waals surface area contributed by atoms with Crippen molar-refractivity contribution in [2.45, 2.75) is 43.6 Å². The maximum absolute atomic E-state index is 14.3. The first kappa shape index (κ1) is 24.4. The van der Waals surface area contributed by atoms with Crippen LogP contribution in [-0.2, 0) is 9.53 Å². The standard InChI is InChI=1S/C21H20F5N3O4/c1-20(9-21(24,25)26)8-12(11-3-4-13(22)15(23)16(11)32-2)17(33-20)19(31)29-10-5-6-28-14(7-10)18(27)30/h3-7,12,17H,8-9H2,1-2H3,(H2,27,30)(H,28,29,31)/t12-,17+,20+/m0/s1. The molecule has 3 atom stereocenters. The Morgan fingerprint density at radius 2 is 2.00 bits per heavy atom. The van der Waals surface area contributed by atoms with E-state index in [2.05, 4.69) is 10.3 Å². The molecule has 0 aliphatic carbocycles. The molecular formula is C21H20F5N3O4. The molecule has 0 unspecified atom stereocenters. The van der Waals surface area contributed by atoms with Crippen LogP contribution in [0.15, 0.2) is 30.5 Å². The lowest BCUT2D eigenvalue weighted by Gasteiger charge is -2.25. The van der Waals surface area contributed by atoms with E-state index in [4.69, 9.17) is 15.2 Å². The molecule has 0 bridgehead atoms. The number of hydrogen-bond acceptors (Lipinski definition) is 5. The zero-order chi connectivity index (χ0) is 24.6. The van der Waals surface area contributed by atoms with Gasteiger partial charge in [0.2, 0.25) is 5.82 Å². The van der Waals surface area contributed by atoms with E-state index in [9.17, 15) is 31.5 Å². The zero-order valence-corrected chi connectivity index (χ0v) is 17.5. The zero-order valence-electron chi connectivity index (χ0n) is 17.5. The van der Waals surface area contributed by atoms with Gasteiger partial charge in [0.05, 0.1) is 19.1 Å². The van der Waals surface area contributed by atoms with Gasteiger partial charge in [0.15, 0.2) is 11.6 Å². The normalized spacial score (nSPS) is 22.8. The van der Waals surface area contributed by atoms with Gasteiger partial charge in [-0.15, -0.1) is 0 Å². The molecule has 1 aliphatic rings. The number of hydrogen-bond donors (Lipinski definition) is 2. The Hall–Kier alpha value is -3.28. The number of methoxy groups -OCH3 is 1.